The number of carboxylic acids is 1. The van der Waals surface area contributed by atoms with Crippen LogP contribution in [0.15, 0.2) is 29.2 Å². The van der Waals surface area contributed by atoms with Crippen LogP contribution in [0.1, 0.15) is 27.2 Å². The number of rotatable bonds is 7. The van der Waals surface area contributed by atoms with Crippen LogP contribution in [-0.4, -0.2) is 41.8 Å². The van der Waals surface area contributed by atoms with Crippen molar-refractivity contribution >= 4 is 17.7 Å². The molecule has 1 aliphatic heterocycles. The number of hydrogen-bond acceptors (Lipinski definition) is 5. The predicted octanol–water partition coefficient (Wildman–Crippen LogP) is 2.99. The van der Waals surface area contributed by atoms with Crippen molar-refractivity contribution in [1.29, 1.82) is 0 Å². The number of carboxylic acid groups (broad SMARTS) is 1. The van der Waals surface area contributed by atoms with Crippen LogP contribution in [0.4, 0.5) is 0 Å². The third-order valence-electron chi connectivity index (χ3n) is 3.78. The van der Waals surface area contributed by atoms with Gasteiger partial charge in [-0.05, 0) is 51.4 Å². The van der Waals surface area contributed by atoms with Gasteiger partial charge in [-0.2, -0.15) is 0 Å². The van der Waals surface area contributed by atoms with Gasteiger partial charge in [-0.25, -0.2) is 0 Å². The normalized spacial score (nSPS) is 25.5. The summed E-state index contributed by atoms with van der Waals surface area (Å²) in [5.41, 5.74) is -0.0421. The number of ether oxygens (including phenoxy) is 2. The number of carbonyl (C=O) groups is 1. The molecule has 1 aliphatic rings. The fraction of sp³-hybridized carbons (Fsp3) is 0.588. The Labute approximate surface area is 141 Å². The summed E-state index contributed by atoms with van der Waals surface area (Å²) >= 11 is 1.62. The maximum Gasteiger partial charge on any atom is 0.323 e. The zero-order valence-electron chi connectivity index (χ0n) is 14.0. The number of likely N-dealkylation sites (N-methyl/N-ethyl adjacent to an activating group) is 1. The van der Waals surface area contributed by atoms with E-state index < -0.39 is 12.0 Å². The van der Waals surface area contributed by atoms with Crippen LogP contribution >= 0.6 is 11.8 Å². The zero-order valence-corrected chi connectivity index (χ0v) is 14.8. The number of nitrogens with one attached hydrogen (secondary N) is 1. The maximum absolute atomic E-state index is 11.3. The van der Waals surface area contributed by atoms with Gasteiger partial charge in [0.2, 0.25) is 0 Å². The molecule has 4 atom stereocenters. The van der Waals surface area contributed by atoms with Crippen molar-refractivity contribution < 1.29 is 19.4 Å². The van der Waals surface area contributed by atoms with Gasteiger partial charge in [-0.15, -0.1) is 0 Å². The van der Waals surface area contributed by atoms with Crippen molar-refractivity contribution in [2.75, 3.05) is 7.05 Å². The lowest BCUT2D eigenvalue weighted by Crippen LogP contribution is -2.46. The second-order valence-corrected chi connectivity index (χ2v) is 7.34. The topological polar surface area (TPSA) is 67.8 Å². The first-order chi connectivity index (χ1) is 10.9. The summed E-state index contributed by atoms with van der Waals surface area (Å²) in [5, 5.41) is 12.1. The van der Waals surface area contributed by atoms with Crippen molar-refractivity contribution in [3.05, 3.63) is 24.3 Å². The molecule has 0 aliphatic carbocycles. The molecule has 1 fully saturated rings. The Balaban J connectivity index is 2.00. The summed E-state index contributed by atoms with van der Waals surface area (Å²) < 4.78 is 11.7. The monoisotopic (exact) mass is 339 g/mol. The standard InChI is InChI=1S/C17H25NO4S/c1-10(2)21-12-6-5-7-13(9-12)23-14-8-11(3)16(22-14)15(18-4)17(19)20/h5-7,9-11,14-16,18H,8H2,1-4H3,(H,19,20)/t11-,14?,15?,16-/m1/s1. The van der Waals surface area contributed by atoms with Gasteiger partial charge in [0.25, 0.3) is 0 Å². The number of hydrogen-bond donors (Lipinski definition) is 2. The summed E-state index contributed by atoms with van der Waals surface area (Å²) in [5.74, 6) is 0.157. The molecule has 0 amide bonds. The van der Waals surface area contributed by atoms with E-state index in [-0.39, 0.29) is 23.6 Å². The van der Waals surface area contributed by atoms with Crippen molar-refractivity contribution in [1.82, 2.24) is 5.32 Å². The highest BCUT2D eigenvalue weighted by Gasteiger charge is 2.40. The van der Waals surface area contributed by atoms with Crippen LogP contribution < -0.4 is 10.1 Å². The van der Waals surface area contributed by atoms with E-state index in [1.807, 2.05) is 45.0 Å². The third kappa shape index (κ3) is 4.86. The molecular formula is C17H25NO4S. The summed E-state index contributed by atoms with van der Waals surface area (Å²) in [6.07, 6.45) is 0.648. The average molecular weight is 339 g/mol. The molecule has 1 saturated heterocycles. The van der Waals surface area contributed by atoms with E-state index in [0.717, 1.165) is 17.1 Å². The maximum atomic E-state index is 11.3. The Morgan fingerprint density at radius 2 is 2.22 bits per heavy atom. The van der Waals surface area contributed by atoms with E-state index in [0.29, 0.717) is 0 Å². The van der Waals surface area contributed by atoms with E-state index in [2.05, 4.69) is 5.32 Å². The summed E-state index contributed by atoms with van der Waals surface area (Å²) in [4.78, 5) is 12.4. The minimum atomic E-state index is -0.873. The Bertz CT molecular complexity index is 537. The number of benzene rings is 1. The highest BCUT2D eigenvalue weighted by Crippen LogP contribution is 2.38. The first-order valence-corrected chi connectivity index (χ1v) is 8.77. The largest absolute Gasteiger partial charge is 0.491 e. The third-order valence-corrected chi connectivity index (χ3v) is 4.88. The minimum absolute atomic E-state index is 0.0421. The zero-order chi connectivity index (χ0) is 17.0. The molecule has 1 aromatic rings. The van der Waals surface area contributed by atoms with Crippen LogP contribution in [0, 0.1) is 5.92 Å². The molecule has 23 heavy (non-hydrogen) atoms. The second kappa shape index (κ2) is 8.04. The van der Waals surface area contributed by atoms with E-state index >= 15 is 0 Å². The van der Waals surface area contributed by atoms with Crippen LogP contribution in [0.5, 0.6) is 5.75 Å². The first-order valence-electron chi connectivity index (χ1n) is 7.89. The van der Waals surface area contributed by atoms with Gasteiger partial charge in [-0.1, -0.05) is 24.8 Å². The molecule has 2 unspecified atom stereocenters. The molecule has 0 aromatic heterocycles. The van der Waals surface area contributed by atoms with E-state index in [1.54, 1.807) is 18.8 Å². The SMILES string of the molecule is CNC(C(=O)O)[C@@H]1OC(Sc2cccc(OC(C)C)c2)C[C@H]1C. The predicted molar refractivity (Wildman–Crippen MR) is 91.0 cm³/mol. The summed E-state index contributed by atoms with van der Waals surface area (Å²) in [7, 11) is 1.65. The highest BCUT2D eigenvalue weighted by molar-refractivity contribution is 7.99. The Morgan fingerprint density at radius 1 is 1.48 bits per heavy atom. The van der Waals surface area contributed by atoms with Gasteiger partial charge in [0, 0.05) is 4.90 Å². The van der Waals surface area contributed by atoms with Crippen LogP contribution in [0.3, 0.4) is 0 Å². The fourth-order valence-corrected chi connectivity index (χ4v) is 3.99. The Kier molecular flexibility index (Phi) is 6.33. The van der Waals surface area contributed by atoms with Crippen molar-refractivity contribution in [3.63, 3.8) is 0 Å². The van der Waals surface area contributed by atoms with Crippen LogP contribution in [-0.2, 0) is 9.53 Å². The highest BCUT2D eigenvalue weighted by atomic mass is 32.2. The van der Waals surface area contributed by atoms with Crippen LogP contribution in [0.2, 0.25) is 0 Å². The van der Waals surface area contributed by atoms with Gasteiger partial charge in [-0.3, -0.25) is 4.79 Å². The molecular weight excluding hydrogens is 314 g/mol. The van der Waals surface area contributed by atoms with Gasteiger partial charge >= 0.3 is 5.97 Å². The Morgan fingerprint density at radius 3 is 2.83 bits per heavy atom. The van der Waals surface area contributed by atoms with E-state index in [4.69, 9.17) is 9.47 Å². The summed E-state index contributed by atoms with van der Waals surface area (Å²) in [6, 6.07) is 7.24. The lowest BCUT2D eigenvalue weighted by atomic mass is 9.98. The summed E-state index contributed by atoms with van der Waals surface area (Å²) in [6.45, 7) is 6.03. The van der Waals surface area contributed by atoms with Crippen molar-refractivity contribution in [2.24, 2.45) is 5.92 Å². The lowest BCUT2D eigenvalue weighted by molar-refractivity contribution is -0.143. The molecule has 0 bridgehead atoms. The minimum Gasteiger partial charge on any atom is -0.491 e. The molecule has 1 heterocycles. The molecule has 0 spiro atoms. The molecule has 5 nitrogen and oxygen atoms in total. The molecule has 2 N–H and O–H groups in total. The Hall–Kier alpha value is -1.24. The average Bonchev–Trinajstić information content (AvgIpc) is 2.79. The quantitative estimate of drug-likeness (QED) is 0.796. The van der Waals surface area contributed by atoms with Crippen molar-refractivity contribution in [2.45, 2.75) is 55.8 Å². The molecule has 0 saturated carbocycles. The van der Waals surface area contributed by atoms with Crippen molar-refractivity contribution in [3.8, 4) is 5.75 Å². The fourth-order valence-electron chi connectivity index (χ4n) is 2.76. The molecule has 6 heteroatoms. The number of aliphatic carboxylic acids is 1. The molecule has 0 radical (unpaired) electrons. The lowest BCUT2D eigenvalue weighted by Gasteiger charge is -2.22. The second-order valence-electron chi connectivity index (χ2n) is 6.11. The van der Waals surface area contributed by atoms with E-state index in [1.165, 1.54) is 0 Å². The van der Waals surface area contributed by atoms with Gasteiger partial charge in [0.1, 0.15) is 17.2 Å². The smallest absolute Gasteiger partial charge is 0.323 e. The van der Waals surface area contributed by atoms with Gasteiger partial charge < -0.3 is 19.9 Å². The first kappa shape index (κ1) is 18.1. The van der Waals surface area contributed by atoms with Gasteiger partial charge in [0.05, 0.1) is 12.2 Å². The van der Waals surface area contributed by atoms with E-state index in [9.17, 15) is 9.90 Å². The van der Waals surface area contributed by atoms with Gasteiger partial charge in [0.15, 0.2) is 0 Å². The molecule has 2 rings (SSSR count). The molecule has 1 aromatic carbocycles. The number of thioether (sulfide) groups is 1. The van der Waals surface area contributed by atoms with Crippen LogP contribution in [0.25, 0.3) is 0 Å². The molecule has 128 valence electrons.